The van der Waals surface area contributed by atoms with Crippen molar-refractivity contribution in [2.45, 2.75) is 59.3 Å². The summed E-state index contributed by atoms with van der Waals surface area (Å²) in [6.45, 7) is 16.8. The van der Waals surface area contributed by atoms with Crippen LogP contribution in [0, 0.1) is 13.8 Å². The van der Waals surface area contributed by atoms with Gasteiger partial charge >= 0.3 is 7.12 Å². The van der Waals surface area contributed by atoms with E-state index in [0.717, 1.165) is 65.7 Å². The normalized spacial score (nSPS) is 20.7. The molecule has 4 heterocycles. The molecule has 5 rings (SSSR count). The summed E-state index contributed by atoms with van der Waals surface area (Å²) in [5.74, 6) is 1.78. The summed E-state index contributed by atoms with van der Waals surface area (Å²) in [6, 6.07) is 5.99. The summed E-state index contributed by atoms with van der Waals surface area (Å²) in [6.07, 6.45) is 1.65. The molecule has 0 N–H and O–H groups in total. The summed E-state index contributed by atoms with van der Waals surface area (Å²) >= 11 is 0. The van der Waals surface area contributed by atoms with Crippen molar-refractivity contribution in [1.29, 1.82) is 0 Å². The molecule has 2 aliphatic heterocycles. The van der Waals surface area contributed by atoms with Gasteiger partial charge in [-0.25, -0.2) is 15.0 Å². The number of fused-ring (bicyclic) bond motifs is 1. The van der Waals surface area contributed by atoms with Crippen LogP contribution in [0.2, 0.25) is 0 Å². The van der Waals surface area contributed by atoms with E-state index in [-0.39, 0.29) is 11.2 Å². The largest absolute Gasteiger partial charge is 0.494 e. The molecule has 1 aromatic carbocycles. The average Bonchev–Trinajstić information content (AvgIpc) is 3.26. The molecule has 0 aliphatic carbocycles. The summed E-state index contributed by atoms with van der Waals surface area (Å²) in [5, 5.41) is 0. The number of piperazine rings is 1. The number of hydrogen-bond acceptors (Lipinski definition) is 8. The Morgan fingerprint density at radius 1 is 0.970 bits per heavy atom. The van der Waals surface area contributed by atoms with Gasteiger partial charge < -0.3 is 18.6 Å². The molecule has 2 aliphatic rings. The Balaban J connectivity index is 1.25. The van der Waals surface area contributed by atoms with Crippen molar-refractivity contribution in [3.05, 3.63) is 41.7 Å². The zero-order chi connectivity index (χ0) is 23.4. The minimum absolute atomic E-state index is 0.371. The van der Waals surface area contributed by atoms with Crippen molar-refractivity contribution in [2.24, 2.45) is 0 Å². The number of aromatic nitrogens is 3. The van der Waals surface area contributed by atoms with Gasteiger partial charge in [0.2, 0.25) is 5.89 Å². The van der Waals surface area contributed by atoms with Gasteiger partial charge in [-0.15, -0.1) is 0 Å². The molecule has 0 atom stereocenters. The molecule has 3 aromatic rings. The zero-order valence-corrected chi connectivity index (χ0v) is 20.4. The van der Waals surface area contributed by atoms with Crippen LogP contribution in [-0.4, -0.2) is 64.4 Å². The number of oxazole rings is 1. The molecule has 2 saturated heterocycles. The van der Waals surface area contributed by atoms with Crippen LogP contribution in [-0.2, 0) is 15.9 Å². The van der Waals surface area contributed by atoms with E-state index in [4.69, 9.17) is 18.7 Å². The van der Waals surface area contributed by atoms with Gasteiger partial charge in [0.05, 0.1) is 17.7 Å². The zero-order valence-electron chi connectivity index (χ0n) is 20.4. The Labute approximate surface area is 195 Å². The second-order valence-electron chi connectivity index (χ2n) is 10.1. The molecule has 9 heteroatoms. The van der Waals surface area contributed by atoms with Crippen LogP contribution in [0.25, 0.3) is 11.1 Å². The van der Waals surface area contributed by atoms with Crippen LogP contribution < -0.4 is 10.4 Å². The van der Waals surface area contributed by atoms with Gasteiger partial charge in [-0.2, -0.15) is 0 Å². The predicted octanol–water partition coefficient (Wildman–Crippen LogP) is 2.86. The molecule has 0 bridgehead atoms. The lowest BCUT2D eigenvalue weighted by atomic mass is 9.79. The number of nitrogens with zero attached hydrogens (tertiary/aromatic N) is 5. The molecule has 0 unspecified atom stereocenters. The van der Waals surface area contributed by atoms with Gasteiger partial charge in [-0.05, 0) is 59.1 Å². The van der Waals surface area contributed by atoms with E-state index in [9.17, 15) is 0 Å². The Hall–Kier alpha value is -2.49. The van der Waals surface area contributed by atoms with E-state index in [2.05, 4.69) is 54.4 Å². The first-order valence-electron chi connectivity index (χ1n) is 11.6. The van der Waals surface area contributed by atoms with Crippen LogP contribution >= 0.6 is 0 Å². The number of hydrogen-bond donors (Lipinski definition) is 0. The monoisotopic (exact) mass is 449 g/mol. The maximum absolute atomic E-state index is 6.18. The Bertz CT molecular complexity index is 1150. The number of aryl methyl sites for hydroxylation is 1. The second-order valence-corrected chi connectivity index (χ2v) is 10.1. The second kappa shape index (κ2) is 8.08. The Morgan fingerprint density at radius 2 is 1.67 bits per heavy atom. The fourth-order valence-electron chi connectivity index (χ4n) is 4.34. The first-order chi connectivity index (χ1) is 15.6. The minimum atomic E-state index is -0.407. The van der Waals surface area contributed by atoms with E-state index >= 15 is 0 Å². The molecule has 174 valence electrons. The first kappa shape index (κ1) is 22.3. The lowest BCUT2D eigenvalue weighted by Gasteiger charge is -2.35. The number of anilines is 1. The summed E-state index contributed by atoms with van der Waals surface area (Å²) in [4.78, 5) is 18.2. The average molecular weight is 449 g/mol. The van der Waals surface area contributed by atoms with E-state index in [1.807, 2.05) is 25.1 Å². The predicted molar refractivity (Wildman–Crippen MR) is 129 cm³/mol. The van der Waals surface area contributed by atoms with Gasteiger partial charge in [-0.3, -0.25) is 4.90 Å². The highest BCUT2D eigenvalue weighted by atomic mass is 16.7. The van der Waals surface area contributed by atoms with Gasteiger partial charge in [0.15, 0.2) is 5.58 Å². The van der Waals surface area contributed by atoms with E-state index < -0.39 is 7.12 Å². The summed E-state index contributed by atoms with van der Waals surface area (Å²) < 4.78 is 18.5. The molecule has 0 spiro atoms. The van der Waals surface area contributed by atoms with E-state index in [1.165, 1.54) is 0 Å². The quantitative estimate of drug-likeness (QED) is 0.563. The maximum atomic E-state index is 6.18. The standard InChI is InChI=1S/C24H32BN5O3/c1-16-17(2)26-15-27-22(16)30-11-9-29(10-12-30)14-21-28-19-8-7-18(13-20(19)31-21)25-32-23(3,4)24(5,6)33-25/h7-8,13,15H,9-12,14H2,1-6H3. The number of benzene rings is 1. The van der Waals surface area contributed by atoms with Crippen LogP contribution in [0.3, 0.4) is 0 Å². The molecule has 2 aromatic heterocycles. The van der Waals surface area contributed by atoms with Crippen LogP contribution in [0.5, 0.6) is 0 Å². The van der Waals surface area contributed by atoms with Crippen molar-refractivity contribution in [1.82, 2.24) is 19.9 Å². The topological polar surface area (TPSA) is 76.8 Å². The van der Waals surface area contributed by atoms with Crippen LogP contribution in [0.1, 0.15) is 44.8 Å². The third-order valence-electron chi connectivity index (χ3n) is 7.32. The first-order valence-corrected chi connectivity index (χ1v) is 11.6. The third kappa shape index (κ3) is 4.13. The van der Waals surface area contributed by atoms with Crippen molar-refractivity contribution in [3.63, 3.8) is 0 Å². The molecule has 2 fully saturated rings. The van der Waals surface area contributed by atoms with Crippen LogP contribution in [0.15, 0.2) is 28.9 Å². The van der Waals surface area contributed by atoms with E-state index in [1.54, 1.807) is 6.33 Å². The lowest BCUT2D eigenvalue weighted by Crippen LogP contribution is -2.46. The molecular formula is C24H32BN5O3. The Kier molecular flexibility index (Phi) is 5.46. The highest BCUT2D eigenvalue weighted by Crippen LogP contribution is 2.36. The summed E-state index contributed by atoms with van der Waals surface area (Å²) in [7, 11) is -0.407. The maximum Gasteiger partial charge on any atom is 0.494 e. The van der Waals surface area contributed by atoms with Gasteiger partial charge in [0.25, 0.3) is 0 Å². The molecular weight excluding hydrogens is 417 g/mol. The van der Waals surface area contributed by atoms with Crippen molar-refractivity contribution >= 4 is 29.5 Å². The highest BCUT2D eigenvalue weighted by molar-refractivity contribution is 6.62. The van der Waals surface area contributed by atoms with Gasteiger partial charge in [-0.1, -0.05) is 6.07 Å². The Morgan fingerprint density at radius 3 is 2.36 bits per heavy atom. The SMILES string of the molecule is Cc1ncnc(N2CCN(Cc3nc4ccc(B5OC(C)(C)C(C)(C)O5)cc4o3)CC2)c1C. The van der Waals surface area contributed by atoms with Crippen LogP contribution in [0.4, 0.5) is 5.82 Å². The van der Waals surface area contributed by atoms with Crippen molar-refractivity contribution in [3.8, 4) is 0 Å². The fraction of sp³-hybridized carbons (Fsp3) is 0.542. The third-order valence-corrected chi connectivity index (χ3v) is 7.32. The molecule has 8 nitrogen and oxygen atoms in total. The molecule has 0 radical (unpaired) electrons. The molecule has 0 saturated carbocycles. The van der Waals surface area contributed by atoms with Gasteiger partial charge in [0.1, 0.15) is 17.7 Å². The molecule has 0 amide bonds. The summed E-state index contributed by atoms with van der Waals surface area (Å²) in [5.41, 5.74) is 4.03. The smallest absolute Gasteiger partial charge is 0.439 e. The van der Waals surface area contributed by atoms with Crippen molar-refractivity contribution in [2.75, 3.05) is 31.1 Å². The van der Waals surface area contributed by atoms with E-state index in [0.29, 0.717) is 6.54 Å². The van der Waals surface area contributed by atoms with Crippen molar-refractivity contribution < 1.29 is 13.7 Å². The van der Waals surface area contributed by atoms with Gasteiger partial charge in [0, 0.05) is 37.4 Å². The minimum Gasteiger partial charge on any atom is -0.439 e. The number of rotatable bonds is 4. The fourth-order valence-corrected chi connectivity index (χ4v) is 4.34. The lowest BCUT2D eigenvalue weighted by molar-refractivity contribution is 0.00578. The molecule has 33 heavy (non-hydrogen) atoms. The highest BCUT2D eigenvalue weighted by Gasteiger charge is 2.51.